The van der Waals surface area contributed by atoms with E-state index in [1.165, 1.54) is 4.88 Å². The van der Waals surface area contributed by atoms with Crippen LogP contribution in [0.25, 0.3) is 0 Å². The number of carbonyl (C=O) groups excluding carboxylic acids is 1. The monoisotopic (exact) mass is 198 g/mol. The van der Waals surface area contributed by atoms with Crippen LogP contribution in [-0.2, 0) is 11.2 Å². The van der Waals surface area contributed by atoms with Gasteiger partial charge in [-0.2, -0.15) is 0 Å². The van der Waals surface area contributed by atoms with E-state index in [2.05, 4.69) is 6.92 Å². The van der Waals surface area contributed by atoms with Crippen molar-refractivity contribution in [2.45, 2.75) is 25.8 Å². The Hall–Kier alpha value is -0.870. The minimum atomic E-state index is -0.348. The Balaban J connectivity index is 2.65. The van der Waals surface area contributed by atoms with Gasteiger partial charge in [-0.05, 0) is 18.6 Å². The summed E-state index contributed by atoms with van der Waals surface area (Å²) >= 11 is 1.65. The molecule has 3 nitrogen and oxygen atoms in total. The number of hydrogen-bond donors (Lipinski definition) is 2. The van der Waals surface area contributed by atoms with Crippen molar-refractivity contribution >= 4 is 17.2 Å². The molecular weight excluding hydrogens is 184 g/mol. The number of aryl methyl sites for hydroxylation is 1. The molecule has 0 fully saturated rings. The summed E-state index contributed by atoms with van der Waals surface area (Å²) in [4.78, 5) is 12.9. The first-order valence-electron chi connectivity index (χ1n) is 4.26. The lowest BCUT2D eigenvalue weighted by Gasteiger charge is -2.05. The molecule has 0 radical (unpaired) electrons. The fourth-order valence-corrected chi connectivity index (χ4v) is 2.06. The van der Waals surface area contributed by atoms with Crippen molar-refractivity contribution in [1.29, 1.82) is 0 Å². The normalized spacial score (nSPS) is 12.8. The lowest BCUT2D eigenvalue weighted by Crippen LogP contribution is -2.19. The first kappa shape index (κ1) is 10.2. The third kappa shape index (κ3) is 2.82. The smallest absolute Gasteiger partial charge is 0.219 e. The lowest BCUT2D eigenvalue weighted by atomic mass is 10.2. The average Bonchev–Trinajstić information content (AvgIpc) is 2.50. The summed E-state index contributed by atoms with van der Waals surface area (Å²) in [6.07, 6.45) is 1.23. The van der Waals surface area contributed by atoms with E-state index in [4.69, 9.17) is 11.5 Å². The van der Waals surface area contributed by atoms with Gasteiger partial charge in [0.25, 0.3) is 0 Å². The number of hydrogen-bond acceptors (Lipinski definition) is 3. The summed E-state index contributed by atoms with van der Waals surface area (Å²) in [6, 6.07) is 3.78. The number of carbonyl (C=O) groups is 1. The Bertz CT molecular complexity index is 296. The van der Waals surface area contributed by atoms with E-state index in [1.54, 1.807) is 11.3 Å². The van der Waals surface area contributed by atoms with Gasteiger partial charge in [-0.3, -0.25) is 4.79 Å². The van der Waals surface area contributed by atoms with Gasteiger partial charge in [0, 0.05) is 22.2 Å². The van der Waals surface area contributed by atoms with Crippen molar-refractivity contribution in [2.24, 2.45) is 11.5 Å². The Labute approximate surface area is 81.7 Å². The second-order valence-corrected chi connectivity index (χ2v) is 4.13. The molecule has 4 N–H and O–H groups in total. The molecule has 0 saturated carbocycles. The van der Waals surface area contributed by atoms with Crippen molar-refractivity contribution < 1.29 is 4.79 Å². The van der Waals surface area contributed by atoms with Crippen LogP contribution in [0.3, 0.4) is 0 Å². The maximum absolute atomic E-state index is 10.6. The van der Waals surface area contributed by atoms with Crippen LogP contribution >= 0.6 is 11.3 Å². The molecule has 1 amide bonds. The Kier molecular flexibility index (Phi) is 3.45. The molecule has 13 heavy (non-hydrogen) atoms. The summed E-state index contributed by atoms with van der Waals surface area (Å²) in [5.74, 6) is -0.348. The second-order valence-electron chi connectivity index (χ2n) is 2.93. The van der Waals surface area contributed by atoms with Crippen LogP contribution in [0.2, 0.25) is 0 Å². The molecule has 1 rings (SSSR count). The fraction of sp³-hybridized carbons (Fsp3) is 0.444. The van der Waals surface area contributed by atoms with Crippen LogP contribution in [-0.4, -0.2) is 5.91 Å². The van der Waals surface area contributed by atoms with E-state index in [0.717, 1.165) is 11.3 Å². The first-order chi connectivity index (χ1) is 6.13. The molecule has 1 atom stereocenters. The molecule has 4 heteroatoms. The summed E-state index contributed by atoms with van der Waals surface area (Å²) in [7, 11) is 0. The predicted molar refractivity (Wildman–Crippen MR) is 54.4 cm³/mol. The molecule has 1 heterocycles. The second kappa shape index (κ2) is 4.39. The van der Waals surface area contributed by atoms with Crippen LogP contribution in [0.1, 0.15) is 29.1 Å². The van der Waals surface area contributed by atoms with Gasteiger partial charge in [-0.25, -0.2) is 0 Å². The van der Waals surface area contributed by atoms with E-state index in [9.17, 15) is 4.79 Å². The third-order valence-corrected chi connectivity index (χ3v) is 3.18. The van der Waals surface area contributed by atoms with Crippen molar-refractivity contribution in [1.82, 2.24) is 0 Å². The standard InChI is InChI=1S/C9H14N2OS/c1-2-6-3-4-8(13-6)7(10)5-9(11)12/h3-4,7H,2,5,10H2,1H3,(H2,11,12)/t7-/m0/s1. The third-order valence-electron chi connectivity index (χ3n) is 1.82. The zero-order valence-corrected chi connectivity index (χ0v) is 8.43. The van der Waals surface area contributed by atoms with Gasteiger partial charge >= 0.3 is 0 Å². The SMILES string of the molecule is CCc1ccc([C@@H](N)CC(N)=O)s1. The maximum Gasteiger partial charge on any atom is 0.219 e. The first-order valence-corrected chi connectivity index (χ1v) is 5.07. The quantitative estimate of drug-likeness (QED) is 0.763. The molecule has 0 bridgehead atoms. The predicted octanol–water partition coefficient (Wildman–Crippen LogP) is 1.19. The number of primary amides is 1. The highest BCUT2D eigenvalue weighted by atomic mass is 32.1. The summed E-state index contributed by atoms with van der Waals surface area (Å²) in [5, 5.41) is 0. The van der Waals surface area contributed by atoms with Crippen LogP contribution in [0.15, 0.2) is 12.1 Å². The molecule has 1 aromatic heterocycles. The Morgan fingerprint density at radius 3 is 2.77 bits per heavy atom. The molecule has 0 spiro atoms. The number of amides is 1. The van der Waals surface area contributed by atoms with Crippen molar-refractivity contribution in [3.8, 4) is 0 Å². The largest absolute Gasteiger partial charge is 0.370 e. The molecule has 0 aliphatic rings. The average molecular weight is 198 g/mol. The van der Waals surface area contributed by atoms with Gasteiger partial charge in [0.1, 0.15) is 0 Å². The zero-order chi connectivity index (χ0) is 9.84. The molecule has 0 saturated heterocycles. The molecule has 72 valence electrons. The van der Waals surface area contributed by atoms with E-state index >= 15 is 0 Å². The Morgan fingerprint density at radius 1 is 1.62 bits per heavy atom. The van der Waals surface area contributed by atoms with Crippen LogP contribution in [0.5, 0.6) is 0 Å². The minimum Gasteiger partial charge on any atom is -0.370 e. The van der Waals surface area contributed by atoms with Crippen molar-refractivity contribution in [3.05, 3.63) is 21.9 Å². The van der Waals surface area contributed by atoms with Crippen LogP contribution in [0.4, 0.5) is 0 Å². The van der Waals surface area contributed by atoms with E-state index in [0.29, 0.717) is 0 Å². The number of nitrogens with two attached hydrogens (primary N) is 2. The summed E-state index contributed by atoms with van der Waals surface area (Å²) in [6.45, 7) is 2.09. The van der Waals surface area contributed by atoms with E-state index in [-0.39, 0.29) is 18.4 Å². The van der Waals surface area contributed by atoms with Crippen molar-refractivity contribution in [2.75, 3.05) is 0 Å². The minimum absolute atomic E-state index is 0.226. The topological polar surface area (TPSA) is 69.1 Å². The number of thiophene rings is 1. The molecular formula is C9H14N2OS. The molecule has 0 aliphatic carbocycles. The van der Waals surface area contributed by atoms with Gasteiger partial charge in [0.05, 0.1) is 0 Å². The highest BCUT2D eigenvalue weighted by Crippen LogP contribution is 2.23. The molecule has 0 aliphatic heterocycles. The van der Waals surface area contributed by atoms with Gasteiger partial charge in [-0.1, -0.05) is 6.92 Å². The molecule has 0 unspecified atom stereocenters. The zero-order valence-electron chi connectivity index (χ0n) is 7.62. The lowest BCUT2D eigenvalue weighted by molar-refractivity contribution is -0.118. The van der Waals surface area contributed by atoms with E-state index < -0.39 is 0 Å². The van der Waals surface area contributed by atoms with E-state index in [1.807, 2.05) is 12.1 Å². The van der Waals surface area contributed by atoms with Gasteiger partial charge in [0.2, 0.25) is 5.91 Å². The van der Waals surface area contributed by atoms with Crippen LogP contribution in [0, 0.1) is 0 Å². The maximum atomic E-state index is 10.6. The number of rotatable bonds is 4. The highest BCUT2D eigenvalue weighted by molar-refractivity contribution is 7.12. The van der Waals surface area contributed by atoms with Gasteiger partial charge < -0.3 is 11.5 Å². The molecule has 0 aromatic carbocycles. The van der Waals surface area contributed by atoms with Crippen molar-refractivity contribution in [3.63, 3.8) is 0 Å². The Morgan fingerprint density at radius 2 is 2.31 bits per heavy atom. The van der Waals surface area contributed by atoms with Gasteiger partial charge in [0.15, 0.2) is 0 Å². The fourth-order valence-electron chi connectivity index (χ4n) is 1.10. The summed E-state index contributed by atoms with van der Waals surface area (Å²) in [5.41, 5.74) is 10.8. The summed E-state index contributed by atoms with van der Waals surface area (Å²) < 4.78 is 0. The van der Waals surface area contributed by atoms with Gasteiger partial charge in [-0.15, -0.1) is 11.3 Å². The highest BCUT2D eigenvalue weighted by Gasteiger charge is 2.10. The molecule has 1 aromatic rings. The van der Waals surface area contributed by atoms with Crippen LogP contribution < -0.4 is 11.5 Å².